The van der Waals surface area contributed by atoms with Crippen LogP contribution in [0.4, 0.5) is 15.8 Å². The lowest BCUT2D eigenvalue weighted by atomic mass is 10.2. The fourth-order valence-electron chi connectivity index (χ4n) is 2.06. The lowest BCUT2D eigenvalue weighted by Gasteiger charge is -2.16. The fourth-order valence-corrected chi connectivity index (χ4v) is 3.01. The minimum Gasteiger partial charge on any atom is -0.374 e. The zero-order valence-corrected chi connectivity index (χ0v) is 15.0. The lowest BCUT2D eigenvalue weighted by Crippen LogP contribution is -2.32. The van der Waals surface area contributed by atoms with E-state index in [9.17, 15) is 17.6 Å². The summed E-state index contributed by atoms with van der Waals surface area (Å²) in [5.74, 6) is -0.703. The Morgan fingerprint density at radius 2 is 1.72 bits per heavy atom. The van der Waals surface area contributed by atoms with Crippen molar-refractivity contribution in [1.29, 1.82) is 0 Å². The van der Waals surface area contributed by atoms with Gasteiger partial charge >= 0.3 is 0 Å². The van der Waals surface area contributed by atoms with Crippen LogP contribution in [0.25, 0.3) is 0 Å². The normalized spacial score (nSPS) is 12.7. The molecule has 0 heterocycles. The van der Waals surface area contributed by atoms with E-state index in [1.807, 2.05) is 0 Å². The quantitative estimate of drug-likeness (QED) is 0.825. The molecule has 0 bridgehead atoms. The average molecular weight is 365 g/mol. The molecule has 0 fully saturated rings. The van der Waals surface area contributed by atoms with Crippen LogP contribution in [0.15, 0.2) is 53.4 Å². The second kappa shape index (κ2) is 7.62. The number of hydrogen-bond acceptors (Lipinski definition) is 4. The molecule has 0 aromatic heterocycles. The fraction of sp³-hybridized carbons (Fsp3) is 0.235. The van der Waals surface area contributed by atoms with Crippen LogP contribution in [0.5, 0.6) is 0 Å². The predicted octanol–water partition coefficient (Wildman–Crippen LogP) is 2.52. The summed E-state index contributed by atoms with van der Waals surface area (Å²) in [5, 5.41) is 5.61. The summed E-state index contributed by atoms with van der Waals surface area (Å²) in [6.07, 6.45) is 0. The summed E-state index contributed by atoms with van der Waals surface area (Å²) < 4.78 is 38.3. The summed E-state index contributed by atoms with van der Waals surface area (Å²) in [5.41, 5.74) is 0.980. The molecule has 2 rings (SSSR count). The lowest BCUT2D eigenvalue weighted by molar-refractivity contribution is -0.116. The van der Waals surface area contributed by atoms with Gasteiger partial charge in [0.1, 0.15) is 11.9 Å². The van der Waals surface area contributed by atoms with Gasteiger partial charge in [0.15, 0.2) is 0 Å². The van der Waals surface area contributed by atoms with Crippen LogP contribution in [0.3, 0.4) is 0 Å². The van der Waals surface area contributed by atoms with E-state index in [1.165, 1.54) is 50.5 Å². The molecule has 8 heteroatoms. The van der Waals surface area contributed by atoms with E-state index >= 15 is 0 Å². The third-order valence-corrected chi connectivity index (χ3v) is 5.31. The number of rotatable bonds is 6. The molecule has 2 aromatic rings. The maximum Gasteiger partial charge on any atom is 0.246 e. The summed E-state index contributed by atoms with van der Waals surface area (Å²) in [6.45, 7) is 1.65. The predicted molar refractivity (Wildman–Crippen MR) is 95.4 cm³/mol. The van der Waals surface area contributed by atoms with Crippen LogP contribution in [0, 0.1) is 5.82 Å². The van der Waals surface area contributed by atoms with Gasteiger partial charge in [0.05, 0.1) is 4.90 Å². The highest BCUT2D eigenvalue weighted by Gasteiger charge is 2.18. The molecule has 0 radical (unpaired) electrons. The number of nitrogens with zero attached hydrogens (tertiary/aromatic N) is 1. The summed E-state index contributed by atoms with van der Waals surface area (Å²) >= 11 is 0. The van der Waals surface area contributed by atoms with Gasteiger partial charge in [-0.3, -0.25) is 4.79 Å². The maximum atomic E-state index is 12.9. The number of nitrogens with one attached hydrogen (secondary N) is 2. The Morgan fingerprint density at radius 3 is 2.32 bits per heavy atom. The second-order valence-electron chi connectivity index (χ2n) is 5.68. The summed E-state index contributed by atoms with van der Waals surface area (Å²) in [7, 11) is -0.698. The van der Waals surface area contributed by atoms with Crippen molar-refractivity contribution < 1.29 is 17.6 Å². The van der Waals surface area contributed by atoms with E-state index in [2.05, 4.69) is 10.6 Å². The third kappa shape index (κ3) is 4.77. The van der Waals surface area contributed by atoms with Crippen molar-refractivity contribution >= 4 is 27.3 Å². The van der Waals surface area contributed by atoms with Crippen LogP contribution in [0.2, 0.25) is 0 Å². The minimum absolute atomic E-state index is 0.0921. The van der Waals surface area contributed by atoms with Crippen molar-refractivity contribution in [3.8, 4) is 0 Å². The Labute approximate surface area is 146 Å². The molecule has 6 nitrogen and oxygen atoms in total. The van der Waals surface area contributed by atoms with Crippen LogP contribution in [-0.4, -0.2) is 38.8 Å². The summed E-state index contributed by atoms with van der Waals surface area (Å²) in [6, 6.07) is 11.1. The molecular formula is C17H20FN3O3S. The maximum absolute atomic E-state index is 12.9. The molecule has 25 heavy (non-hydrogen) atoms. The number of hydrogen-bond donors (Lipinski definition) is 2. The molecule has 1 unspecified atom stereocenters. The van der Waals surface area contributed by atoms with Gasteiger partial charge in [0.25, 0.3) is 0 Å². The highest BCUT2D eigenvalue weighted by atomic mass is 32.2. The van der Waals surface area contributed by atoms with Gasteiger partial charge in [0, 0.05) is 25.5 Å². The van der Waals surface area contributed by atoms with Gasteiger partial charge in [-0.25, -0.2) is 17.1 Å². The van der Waals surface area contributed by atoms with Crippen molar-refractivity contribution in [2.75, 3.05) is 24.7 Å². The minimum atomic E-state index is -3.58. The SMILES string of the molecule is CC(Nc1ccc(F)cc1)C(=O)Nc1cccc(S(=O)(=O)N(C)C)c1. The van der Waals surface area contributed by atoms with Crippen molar-refractivity contribution in [1.82, 2.24) is 4.31 Å². The smallest absolute Gasteiger partial charge is 0.246 e. The van der Waals surface area contributed by atoms with E-state index in [4.69, 9.17) is 0 Å². The second-order valence-corrected chi connectivity index (χ2v) is 7.83. The Balaban J connectivity index is 2.08. The van der Waals surface area contributed by atoms with E-state index < -0.39 is 16.1 Å². The van der Waals surface area contributed by atoms with Crippen molar-refractivity contribution in [3.63, 3.8) is 0 Å². The van der Waals surface area contributed by atoms with Gasteiger partial charge in [-0.15, -0.1) is 0 Å². The van der Waals surface area contributed by atoms with E-state index in [0.29, 0.717) is 11.4 Å². The molecule has 1 amide bonds. The van der Waals surface area contributed by atoms with E-state index in [-0.39, 0.29) is 16.6 Å². The van der Waals surface area contributed by atoms with E-state index in [1.54, 1.807) is 19.1 Å². The Morgan fingerprint density at radius 1 is 1.08 bits per heavy atom. The molecule has 0 aliphatic rings. The van der Waals surface area contributed by atoms with Gasteiger partial charge in [-0.05, 0) is 49.4 Å². The molecule has 0 saturated heterocycles. The Kier molecular flexibility index (Phi) is 5.76. The average Bonchev–Trinajstić information content (AvgIpc) is 2.57. The van der Waals surface area contributed by atoms with Gasteiger partial charge < -0.3 is 10.6 Å². The Hall–Kier alpha value is -2.45. The van der Waals surface area contributed by atoms with Crippen molar-refractivity contribution in [2.45, 2.75) is 17.9 Å². The third-order valence-electron chi connectivity index (χ3n) is 3.50. The Bertz CT molecular complexity index is 852. The topological polar surface area (TPSA) is 78.5 Å². The van der Waals surface area contributed by atoms with Crippen LogP contribution in [0.1, 0.15) is 6.92 Å². The van der Waals surface area contributed by atoms with Crippen molar-refractivity contribution in [3.05, 3.63) is 54.3 Å². The molecule has 0 spiro atoms. The highest BCUT2D eigenvalue weighted by Crippen LogP contribution is 2.18. The first-order valence-corrected chi connectivity index (χ1v) is 9.00. The highest BCUT2D eigenvalue weighted by molar-refractivity contribution is 7.89. The van der Waals surface area contributed by atoms with E-state index in [0.717, 1.165) is 4.31 Å². The molecule has 2 aromatic carbocycles. The van der Waals surface area contributed by atoms with Crippen LogP contribution in [-0.2, 0) is 14.8 Å². The number of benzene rings is 2. The molecular weight excluding hydrogens is 345 g/mol. The number of carbonyl (C=O) groups excluding carboxylic acids is 1. The number of carbonyl (C=O) groups is 1. The standard InChI is InChI=1S/C17H20FN3O3S/c1-12(19-14-9-7-13(18)8-10-14)17(22)20-15-5-4-6-16(11-15)25(23,24)21(2)3/h4-12,19H,1-3H3,(H,20,22). The van der Waals surface area contributed by atoms with Crippen LogP contribution >= 0.6 is 0 Å². The molecule has 2 N–H and O–H groups in total. The first-order chi connectivity index (χ1) is 11.7. The zero-order chi connectivity index (χ0) is 18.6. The molecule has 0 saturated carbocycles. The van der Waals surface area contributed by atoms with Crippen molar-refractivity contribution in [2.24, 2.45) is 0 Å². The number of amides is 1. The van der Waals surface area contributed by atoms with Gasteiger partial charge in [0.2, 0.25) is 15.9 Å². The monoisotopic (exact) mass is 365 g/mol. The van der Waals surface area contributed by atoms with Gasteiger partial charge in [-0.1, -0.05) is 6.07 Å². The molecule has 134 valence electrons. The molecule has 1 atom stereocenters. The summed E-state index contributed by atoms with van der Waals surface area (Å²) in [4.78, 5) is 12.4. The zero-order valence-electron chi connectivity index (χ0n) is 14.2. The van der Waals surface area contributed by atoms with Crippen LogP contribution < -0.4 is 10.6 Å². The number of halogens is 1. The largest absolute Gasteiger partial charge is 0.374 e. The molecule has 0 aliphatic heterocycles. The first-order valence-electron chi connectivity index (χ1n) is 7.56. The molecule has 0 aliphatic carbocycles. The first kappa shape index (κ1) is 18.9. The number of sulfonamides is 1. The number of anilines is 2. The van der Waals surface area contributed by atoms with Gasteiger partial charge in [-0.2, -0.15) is 0 Å².